The molecular weight excluding hydrogens is 254 g/mol. The average molecular weight is 264 g/mol. The summed E-state index contributed by atoms with van der Waals surface area (Å²) in [4.78, 5) is 19.0. The molecule has 0 spiro atoms. The third-order valence-electron chi connectivity index (χ3n) is 2.12. The lowest BCUT2D eigenvalue weighted by Gasteiger charge is -2.06. The van der Waals surface area contributed by atoms with Crippen LogP contribution in [0.5, 0.6) is 11.6 Å². The van der Waals surface area contributed by atoms with E-state index in [2.05, 4.69) is 9.97 Å². The van der Waals surface area contributed by atoms with Crippen molar-refractivity contribution in [2.24, 2.45) is 5.73 Å². The number of benzene rings is 1. The normalized spacial score (nSPS) is 10.1. The minimum absolute atomic E-state index is 0.295. The Labute approximate surface area is 109 Å². The molecule has 92 valence electrons. The van der Waals surface area contributed by atoms with Crippen LogP contribution in [0.4, 0.5) is 0 Å². The number of nitrogens with two attached hydrogens (primary N) is 1. The summed E-state index contributed by atoms with van der Waals surface area (Å²) < 4.78 is 5.49. The molecule has 1 aromatic heterocycles. The Bertz CT molecular complexity index is 581. The average Bonchev–Trinajstić information content (AvgIpc) is 2.27. The molecule has 6 heteroatoms. The minimum Gasteiger partial charge on any atom is -0.439 e. The van der Waals surface area contributed by atoms with Gasteiger partial charge in [-0.05, 0) is 25.1 Å². The topological polar surface area (TPSA) is 78.1 Å². The zero-order valence-corrected chi connectivity index (χ0v) is 10.3. The number of carbonyl (C=O) groups is 1. The lowest BCUT2D eigenvalue weighted by atomic mass is 10.2. The van der Waals surface area contributed by atoms with Crippen LogP contribution in [0.1, 0.15) is 16.2 Å². The summed E-state index contributed by atoms with van der Waals surface area (Å²) in [6, 6.07) is 8.00. The molecule has 2 N–H and O–H groups in total. The van der Waals surface area contributed by atoms with E-state index >= 15 is 0 Å². The highest BCUT2D eigenvalue weighted by molar-refractivity contribution is 6.29. The van der Waals surface area contributed by atoms with E-state index in [1.54, 1.807) is 25.1 Å². The lowest BCUT2D eigenvalue weighted by Crippen LogP contribution is -2.10. The quantitative estimate of drug-likeness (QED) is 0.862. The molecule has 1 amide bonds. The molecule has 0 unspecified atom stereocenters. The summed E-state index contributed by atoms with van der Waals surface area (Å²) in [5, 5.41) is 0.295. The number of rotatable bonds is 3. The van der Waals surface area contributed by atoms with Crippen LogP contribution in [0.2, 0.25) is 5.15 Å². The van der Waals surface area contributed by atoms with Gasteiger partial charge in [0.15, 0.2) is 0 Å². The number of hydrogen-bond donors (Lipinski definition) is 1. The van der Waals surface area contributed by atoms with E-state index < -0.39 is 5.91 Å². The van der Waals surface area contributed by atoms with Crippen molar-refractivity contribution < 1.29 is 9.53 Å². The van der Waals surface area contributed by atoms with E-state index in [4.69, 9.17) is 22.1 Å². The predicted octanol–water partition coefficient (Wildman–Crippen LogP) is 2.33. The van der Waals surface area contributed by atoms with E-state index in [1.807, 2.05) is 0 Å². The molecule has 0 aliphatic carbocycles. The van der Waals surface area contributed by atoms with E-state index in [0.29, 0.717) is 28.2 Å². The highest BCUT2D eigenvalue weighted by atomic mass is 35.5. The van der Waals surface area contributed by atoms with E-state index in [0.717, 1.165) is 0 Å². The van der Waals surface area contributed by atoms with Gasteiger partial charge in [-0.2, -0.15) is 4.98 Å². The first-order valence-corrected chi connectivity index (χ1v) is 5.51. The largest absolute Gasteiger partial charge is 0.439 e. The van der Waals surface area contributed by atoms with Gasteiger partial charge in [-0.3, -0.25) is 4.79 Å². The van der Waals surface area contributed by atoms with Crippen LogP contribution >= 0.6 is 11.6 Å². The van der Waals surface area contributed by atoms with Gasteiger partial charge in [-0.1, -0.05) is 17.7 Å². The van der Waals surface area contributed by atoms with Gasteiger partial charge >= 0.3 is 0 Å². The van der Waals surface area contributed by atoms with Crippen molar-refractivity contribution in [3.8, 4) is 11.6 Å². The van der Waals surface area contributed by atoms with Crippen LogP contribution in [-0.4, -0.2) is 15.9 Å². The zero-order valence-electron chi connectivity index (χ0n) is 9.55. The Morgan fingerprint density at radius 3 is 2.78 bits per heavy atom. The fourth-order valence-electron chi connectivity index (χ4n) is 1.39. The third-order valence-corrected chi connectivity index (χ3v) is 2.32. The molecule has 0 atom stereocenters. The Hall–Kier alpha value is -2.14. The summed E-state index contributed by atoms with van der Waals surface area (Å²) in [6.07, 6.45) is 0. The van der Waals surface area contributed by atoms with Crippen molar-refractivity contribution in [2.45, 2.75) is 6.92 Å². The fourth-order valence-corrected chi connectivity index (χ4v) is 1.61. The van der Waals surface area contributed by atoms with E-state index in [1.165, 1.54) is 12.1 Å². The molecular formula is C12H10ClN3O2. The van der Waals surface area contributed by atoms with Crippen molar-refractivity contribution >= 4 is 17.5 Å². The number of halogens is 1. The Morgan fingerprint density at radius 2 is 2.11 bits per heavy atom. The maximum atomic E-state index is 11.0. The first-order valence-electron chi connectivity index (χ1n) is 5.13. The second-order valence-electron chi connectivity index (χ2n) is 3.57. The number of aromatic nitrogens is 2. The number of amides is 1. The molecule has 5 nitrogen and oxygen atoms in total. The molecule has 0 radical (unpaired) electrons. The molecule has 18 heavy (non-hydrogen) atoms. The van der Waals surface area contributed by atoms with Gasteiger partial charge in [0.1, 0.15) is 16.7 Å². The third kappa shape index (κ3) is 2.95. The number of aryl methyl sites for hydroxylation is 1. The first kappa shape index (κ1) is 12.3. The smallest absolute Gasteiger partial charge is 0.248 e. The Balaban J connectivity index is 2.28. The van der Waals surface area contributed by atoms with E-state index in [9.17, 15) is 4.79 Å². The maximum absolute atomic E-state index is 11.0. The summed E-state index contributed by atoms with van der Waals surface area (Å²) in [5.74, 6) is 0.760. The fraction of sp³-hybridized carbons (Fsp3) is 0.0833. The Morgan fingerprint density at radius 1 is 1.33 bits per heavy atom. The number of primary amides is 1. The van der Waals surface area contributed by atoms with Gasteiger partial charge in [0.05, 0.1) is 0 Å². The van der Waals surface area contributed by atoms with Crippen LogP contribution in [0, 0.1) is 6.92 Å². The molecule has 1 heterocycles. The van der Waals surface area contributed by atoms with Crippen molar-refractivity contribution in [1.29, 1.82) is 0 Å². The van der Waals surface area contributed by atoms with Crippen molar-refractivity contribution in [3.63, 3.8) is 0 Å². The monoisotopic (exact) mass is 263 g/mol. The van der Waals surface area contributed by atoms with Gasteiger partial charge < -0.3 is 10.5 Å². The summed E-state index contributed by atoms with van der Waals surface area (Å²) in [7, 11) is 0. The molecule has 0 aliphatic heterocycles. The van der Waals surface area contributed by atoms with Gasteiger partial charge in [0.25, 0.3) is 0 Å². The standard InChI is InChI=1S/C12H10ClN3O2/c1-7-15-10(13)6-11(16-7)18-9-4-2-3-8(5-9)12(14)17/h2-6H,1H3,(H2,14,17). The lowest BCUT2D eigenvalue weighted by molar-refractivity contribution is 0.1000. The first-order chi connectivity index (χ1) is 8.54. The SMILES string of the molecule is Cc1nc(Cl)cc(Oc2cccc(C(N)=O)c2)n1. The number of ether oxygens (including phenoxy) is 1. The highest BCUT2D eigenvalue weighted by Gasteiger charge is 2.05. The zero-order chi connectivity index (χ0) is 13.1. The van der Waals surface area contributed by atoms with Crippen LogP contribution in [0.3, 0.4) is 0 Å². The van der Waals surface area contributed by atoms with Crippen molar-refractivity contribution in [1.82, 2.24) is 9.97 Å². The van der Waals surface area contributed by atoms with E-state index in [-0.39, 0.29) is 0 Å². The number of nitrogens with zero attached hydrogens (tertiary/aromatic N) is 2. The predicted molar refractivity (Wildman–Crippen MR) is 66.8 cm³/mol. The molecule has 1 aromatic carbocycles. The van der Waals surface area contributed by atoms with Crippen LogP contribution in [-0.2, 0) is 0 Å². The summed E-state index contributed by atoms with van der Waals surface area (Å²) in [6.45, 7) is 1.71. The second-order valence-corrected chi connectivity index (χ2v) is 3.96. The van der Waals surface area contributed by atoms with Crippen molar-refractivity contribution in [2.75, 3.05) is 0 Å². The molecule has 2 aromatic rings. The second kappa shape index (κ2) is 5.01. The maximum Gasteiger partial charge on any atom is 0.248 e. The highest BCUT2D eigenvalue weighted by Crippen LogP contribution is 2.22. The molecule has 0 saturated carbocycles. The Kier molecular flexibility index (Phi) is 3.43. The molecule has 2 rings (SSSR count). The molecule has 0 bridgehead atoms. The van der Waals surface area contributed by atoms with Gasteiger partial charge in [0, 0.05) is 11.6 Å². The summed E-state index contributed by atoms with van der Waals surface area (Å²) in [5.41, 5.74) is 5.55. The van der Waals surface area contributed by atoms with Gasteiger partial charge in [-0.25, -0.2) is 4.98 Å². The number of hydrogen-bond acceptors (Lipinski definition) is 4. The summed E-state index contributed by atoms with van der Waals surface area (Å²) >= 11 is 5.79. The van der Waals surface area contributed by atoms with Crippen molar-refractivity contribution in [3.05, 3.63) is 46.9 Å². The number of carbonyl (C=O) groups excluding carboxylic acids is 1. The van der Waals surface area contributed by atoms with Gasteiger partial charge in [-0.15, -0.1) is 0 Å². The molecule has 0 aliphatic rings. The van der Waals surface area contributed by atoms with Gasteiger partial charge in [0.2, 0.25) is 11.8 Å². The van der Waals surface area contributed by atoms with Crippen LogP contribution < -0.4 is 10.5 Å². The van der Waals surface area contributed by atoms with Crippen LogP contribution in [0.15, 0.2) is 30.3 Å². The minimum atomic E-state index is -0.516. The van der Waals surface area contributed by atoms with Crippen LogP contribution in [0.25, 0.3) is 0 Å². The molecule has 0 saturated heterocycles. The molecule has 0 fully saturated rings.